The summed E-state index contributed by atoms with van der Waals surface area (Å²) in [5, 5.41) is 7.79. The number of para-hydroxylation sites is 2. The fourth-order valence-corrected chi connectivity index (χ4v) is 6.53. The minimum absolute atomic E-state index is 0.0461. The first-order valence-corrected chi connectivity index (χ1v) is 15.8. The van der Waals surface area contributed by atoms with Crippen LogP contribution in [0, 0.1) is 11.8 Å². The van der Waals surface area contributed by atoms with Crippen LogP contribution in [0.2, 0.25) is 5.02 Å². The van der Waals surface area contributed by atoms with E-state index >= 15 is 0 Å². The summed E-state index contributed by atoms with van der Waals surface area (Å²) in [5.41, 5.74) is 3.31. The molecule has 0 spiro atoms. The van der Waals surface area contributed by atoms with Crippen LogP contribution in [-0.4, -0.2) is 27.1 Å². The number of amides is 2. The standard InChI is InChI=1S/C33H35ClN4O3S/c1-2-23-9-4-7-13-28(23)36-30(39)21-42-33-37-29-14-8-5-11-26(29)32(41)38(33)20-22-15-17-24(18-16-22)31(40)35-19-25-10-3-6-12-27(25)34/h3-14,22,24H,2,15-21H2,1H3,(H,35,40)(H,36,39). The number of nitrogens with one attached hydrogen (secondary N) is 2. The summed E-state index contributed by atoms with van der Waals surface area (Å²) >= 11 is 7.51. The lowest BCUT2D eigenvalue weighted by Gasteiger charge is -2.28. The van der Waals surface area contributed by atoms with Crippen LogP contribution in [0.25, 0.3) is 10.9 Å². The first kappa shape index (κ1) is 29.9. The van der Waals surface area contributed by atoms with Crippen molar-refractivity contribution in [3.63, 3.8) is 0 Å². The van der Waals surface area contributed by atoms with Crippen LogP contribution in [0.15, 0.2) is 82.7 Å². The van der Waals surface area contributed by atoms with Gasteiger partial charge in [-0.2, -0.15) is 0 Å². The fraction of sp³-hybridized carbons (Fsp3) is 0.333. The van der Waals surface area contributed by atoms with Crippen molar-refractivity contribution in [3.8, 4) is 0 Å². The molecule has 2 N–H and O–H groups in total. The van der Waals surface area contributed by atoms with E-state index in [1.165, 1.54) is 11.8 Å². The van der Waals surface area contributed by atoms with Crippen molar-refractivity contribution in [1.82, 2.24) is 14.9 Å². The molecule has 4 aromatic rings. The molecule has 1 aliphatic carbocycles. The van der Waals surface area contributed by atoms with E-state index in [-0.39, 0.29) is 35.0 Å². The zero-order chi connectivity index (χ0) is 29.5. The molecule has 9 heteroatoms. The van der Waals surface area contributed by atoms with Crippen LogP contribution in [-0.2, 0) is 29.1 Å². The number of rotatable bonds is 10. The summed E-state index contributed by atoms with van der Waals surface area (Å²) in [6.07, 6.45) is 4.01. The Morgan fingerprint density at radius 1 is 0.952 bits per heavy atom. The van der Waals surface area contributed by atoms with Gasteiger partial charge >= 0.3 is 0 Å². The topological polar surface area (TPSA) is 93.1 Å². The lowest BCUT2D eigenvalue weighted by atomic mass is 9.81. The average molecular weight is 603 g/mol. The summed E-state index contributed by atoms with van der Waals surface area (Å²) in [6, 6.07) is 22.6. The van der Waals surface area contributed by atoms with Crippen molar-refractivity contribution < 1.29 is 9.59 Å². The van der Waals surface area contributed by atoms with Crippen molar-refractivity contribution in [2.45, 2.75) is 57.3 Å². The Hall–Kier alpha value is -3.62. The highest BCUT2D eigenvalue weighted by molar-refractivity contribution is 7.99. The van der Waals surface area contributed by atoms with Gasteiger partial charge in [0.25, 0.3) is 5.56 Å². The van der Waals surface area contributed by atoms with Gasteiger partial charge in [-0.1, -0.05) is 78.8 Å². The maximum Gasteiger partial charge on any atom is 0.262 e. The zero-order valence-corrected chi connectivity index (χ0v) is 25.2. The maximum atomic E-state index is 13.6. The van der Waals surface area contributed by atoms with Crippen LogP contribution in [0.3, 0.4) is 0 Å². The van der Waals surface area contributed by atoms with Crippen molar-refractivity contribution in [2.24, 2.45) is 11.8 Å². The molecule has 0 atom stereocenters. The summed E-state index contributed by atoms with van der Waals surface area (Å²) in [5.74, 6) is 0.228. The smallest absolute Gasteiger partial charge is 0.262 e. The second-order valence-corrected chi connectivity index (χ2v) is 12.1. The molecule has 1 fully saturated rings. The predicted octanol–water partition coefficient (Wildman–Crippen LogP) is 6.47. The molecule has 1 heterocycles. The third-order valence-electron chi connectivity index (χ3n) is 7.90. The molecule has 2 amide bonds. The summed E-state index contributed by atoms with van der Waals surface area (Å²) in [4.78, 5) is 44.1. The van der Waals surface area contributed by atoms with Crippen LogP contribution in [0.1, 0.15) is 43.7 Å². The van der Waals surface area contributed by atoms with E-state index in [1.807, 2.05) is 66.7 Å². The molecule has 42 heavy (non-hydrogen) atoms. The number of aryl methyl sites for hydroxylation is 1. The van der Waals surface area contributed by atoms with Crippen molar-refractivity contribution in [3.05, 3.63) is 99.3 Å². The Kier molecular flexibility index (Phi) is 9.97. The van der Waals surface area contributed by atoms with Gasteiger partial charge in [0.2, 0.25) is 11.8 Å². The molecule has 3 aromatic carbocycles. The number of aromatic nitrogens is 2. The molecular weight excluding hydrogens is 568 g/mol. The largest absolute Gasteiger partial charge is 0.352 e. The molecule has 7 nitrogen and oxygen atoms in total. The van der Waals surface area contributed by atoms with E-state index in [2.05, 4.69) is 17.6 Å². The van der Waals surface area contributed by atoms with Gasteiger partial charge in [-0.15, -0.1) is 0 Å². The summed E-state index contributed by atoms with van der Waals surface area (Å²) < 4.78 is 1.72. The van der Waals surface area contributed by atoms with Gasteiger partial charge in [-0.3, -0.25) is 19.0 Å². The van der Waals surface area contributed by atoms with Gasteiger partial charge in [-0.25, -0.2) is 4.98 Å². The minimum Gasteiger partial charge on any atom is -0.352 e. The molecule has 0 bridgehead atoms. The molecule has 1 saturated carbocycles. The van der Waals surface area contributed by atoms with Gasteiger partial charge in [-0.05, 0) is 73.4 Å². The van der Waals surface area contributed by atoms with Crippen LogP contribution >= 0.6 is 23.4 Å². The number of anilines is 1. The third-order valence-corrected chi connectivity index (χ3v) is 9.25. The number of hydrogen-bond acceptors (Lipinski definition) is 5. The monoisotopic (exact) mass is 602 g/mol. The zero-order valence-electron chi connectivity index (χ0n) is 23.6. The number of nitrogens with zero attached hydrogens (tertiary/aromatic N) is 2. The number of carbonyl (C=O) groups excluding carboxylic acids is 2. The number of fused-ring (bicyclic) bond motifs is 1. The van der Waals surface area contributed by atoms with Crippen LogP contribution in [0.4, 0.5) is 5.69 Å². The van der Waals surface area contributed by atoms with Gasteiger partial charge < -0.3 is 10.6 Å². The van der Waals surface area contributed by atoms with E-state index < -0.39 is 0 Å². The van der Waals surface area contributed by atoms with E-state index in [0.717, 1.165) is 48.9 Å². The third kappa shape index (κ3) is 7.23. The molecule has 1 aliphatic rings. The normalized spacial score (nSPS) is 16.7. The van der Waals surface area contributed by atoms with Crippen molar-refractivity contribution >= 4 is 51.8 Å². The highest BCUT2D eigenvalue weighted by atomic mass is 35.5. The van der Waals surface area contributed by atoms with Crippen LogP contribution < -0.4 is 16.2 Å². The molecule has 0 radical (unpaired) electrons. The molecule has 218 valence electrons. The summed E-state index contributed by atoms with van der Waals surface area (Å²) in [7, 11) is 0. The second kappa shape index (κ2) is 14.0. The fourth-order valence-electron chi connectivity index (χ4n) is 5.52. The van der Waals surface area contributed by atoms with Gasteiger partial charge in [0.05, 0.1) is 16.7 Å². The average Bonchev–Trinajstić information content (AvgIpc) is 3.01. The van der Waals surface area contributed by atoms with Gasteiger partial charge in [0.15, 0.2) is 5.16 Å². The van der Waals surface area contributed by atoms with Gasteiger partial charge in [0, 0.05) is 29.7 Å². The molecule has 0 aliphatic heterocycles. The number of halogens is 1. The lowest BCUT2D eigenvalue weighted by Crippen LogP contribution is -2.34. The van der Waals surface area contributed by atoms with E-state index in [1.54, 1.807) is 10.6 Å². The van der Waals surface area contributed by atoms with Crippen molar-refractivity contribution in [1.29, 1.82) is 0 Å². The second-order valence-electron chi connectivity index (χ2n) is 10.7. The number of thioether (sulfide) groups is 1. The first-order chi connectivity index (χ1) is 20.4. The van der Waals surface area contributed by atoms with E-state index in [4.69, 9.17) is 16.6 Å². The Bertz CT molecular complexity index is 1630. The number of carbonyl (C=O) groups is 2. The molecule has 0 unspecified atom stereocenters. The lowest BCUT2D eigenvalue weighted by molar-refractivity contribution is -0.126. The van der Waals surface area contributed by atoms with Crippen LogP contribution in [0.5, 0.6) is 0 Å². The quantitative estimate of drug-likeness (QED) is 0.160. The Balaban J connectivity index is 1.24. The number of hydrogen-bond donors (Lipinski definition) is 2. The number of benzene rings is 3. The molecule has 1 aromatic heterocycles. The summed E-state index contributed by atoms with van der Waals surface area (Å²) in [6.45, 7) is 2.97. The van der Waals surface area contributed by atoms with Crippen molar-refractivity contribution in [2.75, 3.05) is 11.1 Å². The van der Waals surface area contributed by atoms with E-state index in [9.17, 15) is 14.4 Å². The highest BCUT2D eigenvalue weighted by Gasteiger charge is 2.27. The Morgan fingerprint density at radius 2 is 1.64 bits per heavy atom. The Labute approximate surface area is 255 Å². The molecule has 0 saturated heterocycles. The minimum atomic E-state index is -0.141. The molecule has 5 rings (SSSR count). The Morgan fingerprint density at radius 3 is 2.40 bits per heavy atom. The highest BCUT2D eigenvalue weighted by Crippen LogP contribution is 2.31. The predicted molar refractivity (Wildman–Crippen MR) is 170 cm³/mol. The van der Waals surface area contributed by atoms with Gasteiger partial charge in [0.1, 0.15) is 0 Å². The SMILES string of the molecule is CCc1ccccc1NC(=O)CSc1nc2ccccc2c(=O)n1CC1CCC(C(=O)NCc2ccccc2Cl)CC1. The first-order valence-electron chi connectivity index (χ1n) is 14.4. The molecular formula is C33H35ClN4O3S. The maximum absolute atomic E-state index is 13.6. The van der Waals surface area contributed by atoms with E-state index in [0.29, 0.717) is 34.2 Å².